The van der Waals surface area contributed by atoms with Crippen LogP contribution in [-0.4, -0.2) is 19.9 Å². The van der Waals surface area contributed by atoms with E-state index in [9.17, 15) is 8.42 Å². The molecule has 2 rings (SSSR count). The normalized spacial score (nSPS) is 11.5. The number of hydrogen-bond acceptors (Lipinski definition) is 6. The molecule has 0 bridgehead atoms. The Hall–Kier alpha value is -1.19. The van der Waals surface area contributed by atoms with Crippen LogP contribution in [0.15, 0.2) is 35.5 Å². The largest absolute Gasteiger partial charge is 0.321 e. The molecule has 0 spiro atoms. The molecule has 0 amide bonds. The molecule has 0 aliphatic heterocycles. The molecule has 0 atom stereocenters. The summed E-state index contributed by atoms with van der Waals surface area (Å²) in [6.45, 7) is 0.264. The van der Waals surface area contributed by atoms with Crippen LogP contribution in [0.2, 0.25) is 4.34 Å². The molecule has 0 aliphatic carbocycles. The number of hydrazine groups is 1. The summed E-state index contributed by atoms with van der Waals surface area (Å²) in [7, 11) is -3.70. The van der Waals surface area contributed by atoms with E-state index in [0.717, 1.165) is 4.88 Å². The number of halogens is 1. The van der Waals surface area contributed by atoms with Crippen molar-refractivity contribution < 1.29 is 8.42 Å². The van der Waals surface area contributed by atoms with E-state index in [1.807, 2.05) is 6.07 Å². The molecule has 4 N–H and O–H groups in total. The van der Waals surface area contributed by atoms with Gasteiger partial charge in [-0.25, -0.2) is 18.1 Å². The molecule has 0 aromatic carbocycles. The van der Waals surface area contributed by atoms with E-state index in [2.05, 4.69) is 15.1 Å². The Balaban J connectivity index is 2.04. The number of pyridine rings is 1. The van der Waals surface area contributed by atoms with E-state index in [1.165, 1.54) is 17.5 Å². The quantitative estimate of drug-likeness (QED) is 0.551. The third kappa shape index (κ3) is 3.68. The lowest BCUT2D eigenvalue weighted by molar-refractivity contribution is 0.578. The van der Waals surface area contributed by atoms with Crippen molar-refractivity contribution in [1.29, 1.82) is 0 Å². The van der Waals surface area contributed by atoms with Gasteiger partial charge in [-0.3, -0.25) is 5.84 Å². The lowest BCUT2D eigenvalue weighted by Crippen LogP contribution is -2.28. The van der Waals surface area contributed by atoms with Crippen LogP contribution in [0.25, 0.3) is 0 Å². The Morgan fingerprint density at radius 2 is 2.15 bits per heavy atom. The van der Waals surface area contributed by atoms with E-state index < -0.39 is 10.0 Å². The van der Waals surface area contributed by atoms with Crippen molar-refractivity contribution in [3.63, 3.8) is 0 Å². The van der Waals surface area contributed by atoms with Gasteiger partial charge >= 0.3 is 0 Å². The summed E-state index contributed by atoms with van der Waals surface area (Å²) >= 11 is 7.24. The van der Waals surface area contributed by atoms with Gasteiger partial charge in [0.25, 0.3) is 10.0 Å². The third-order valence-corrected chi connectivity index (χ3v) is 5.18. The first-order valence-corrected chi connectivity index (χ1v) is 8.36. The van der Waals surface area contributed by atoms with Crippen molar-refractivity contribution in [2.24, 2.45) is 5.84 Å². The minimum Gasteiger partial charge on any atom is -0.321 e. The standard InChI is InChI=1S/C11H13ClN4O2S2/c12-10-4-3-8(19-10)5-7-15-20(17,18)11-9(16-13)2-1-6-14-11/h1-4,6,15-16H,5,7,13H2. The highest BCUT2D eigenvalue weighted by atomic mass is 35.5. The predicted molar refractivity (Wildman–Crippen MR) is 80.3 cm³/mol. The molecule has 108 valence electrons. The van der Waals surface area contributed by atoms with Crippen LogP contribution in [0, 0.1) is 0 Å². The minimum atomic E-state index is -3.70. The van der Waals surface area contributed by atoms with E-state index in [-0.39, 0.29) is 17.3 Å². The number of sulfonamides is 1. The van der Waals surface area contributed by atoms with E-state index >= 15 is 0 Å². The molecule has 2 heterocycles. The number of rotatable bonds is 6. The zero-order valence-corrected chi connectivity index (χ0v) is 12.7. The summed E-state index contributed by atoms with van der Waals surface area (Å²) in [6, 6.07) is 6.79. The highest BCUT2D eigenvalue weighted by molar-refractivity contribution is 7.89. The number of aromatic nitrogens is 1. The fourth-order valence-electron chi connectivity index (χ4n) is 1.58. The predicted octanol–water partition coefficient (Wildman–Crippen LogP) is 1.60. The third-order valence-electron chi connectivity index (χ3n) is 2.47. The Bertz CT molecular complexity index is 687. The maximum absolute atomic E-state index is 12.1. The Morgan fingerprint density at radius 1 is 1.35 bits per heavy atom. The number of anilines is 1. The topological polar surface area (TPSA) is 97.1 Å². The first-order chi connectivity index (χ1) is 9.53. The summed E-state index contributed by atoms with van der Waals surface area (Å²) in [5, 5.41) is -0.119. The van der Waals surface area contributed by atoms with Gasteiger partial charge in [-0.15, -0.1) is 11.3 Å². The van der Waals surface area contributed by atoms with Gasteiger partial charge in [0.2, 0.25) is 0 Å². The highest BCUT2D eigenvalue weighted by Gasteiger charge is 2.19. The van der Waals surface area contributed by atoms with Gasteiger partial charge in [0, 0.05) is 17.6 Å². The maximum Gasteiger partial charge on any atom is 0.260 e. The molecular formula is C11H13ClN4O2S2. The lowest BCUT2D eigenvalue weighted by Gasteiger charge is -2.09. The zero-order valence-electron chi connectivity index (χ0n) is 10.3. The number of nitrogens with one attached hydrogen (secondary N) is 2. The molecule has 0 saturated carbocycles. The van der Waals surface area contributed by atoms with Gasteiger partial charge in [0.15, 0.2) is 5.03 Å². The minimum absolute atomic E-state index is 0.119. The monoisotopic (exact) mass is 332 g/mol. The molecule has 0 saturated heterocycles. The molecule has 20 heavy (non-hydrogen) atoms. The Labute approximate surface area is 126 Å². The van der Waals surface area contributed by atoms with Crippen molar-refractivity contribution in [1.82, 2.24) is 9.71 Å². The lowest BCUT2D eigenvalue weighted by atomic mass is 10.3. The number of thiophene rings is 1. The molecule has 6 nitrogen and oxygen atoms in total. The fourth-order valence-corrected chi connectivity index (χ4v) is 3.79. The summed E-state index contributed by atoms with van der Waals surface area (Å²) in [6.07, 6.45) is 1.96. The van der Waals surface area contributed by atoms with E-state index in [0.29, 0.717) is 10.8 Å². The van der Waals surface area contributed by atoms with Gasteiger partial charge in [0.05, 0.1) is 10.0 Å². The van der Waals surface area contributed by atoms with Gasteiger partial charge < -0.3 is 5.43 Å². The van der Waals surface area contributed by atoms with Crippen LogP contribution in [0.5, 0.6) is 0 Å². The molecule has 0 unspecified atom stereocenters. The number of hydrogen-bond donors (Lipinski definition) is 3. The summed E-state index contributed by atoms with van der Waals surface area (Å²) in [5.41, 5.74) is 2.57. The molecule has 2 aromatic heterocycles. The highest BCUT2D eigenvalue weighted by Crippen LogP contribution is 2.22. The van der Waals surface area contributed by atoms with Gasteiger partial charge in [-0.1, -0.05) is 11.6 Å². The second kappa shape index (κ2) is 6.51. The Morgan fingerprint density at radius 3 is 2.80 bits per heavy atom. The number of nitrogens with two attached hydrogens (primary N) is 1. The van der Waals surface area contributed by atoms with Crippen molar-refractivity contribution >= 4 is 38.6 Å². The Kier molecular flexibility index (Phi) is 4.95. The van der Waals surface area contributed by atoms with Gasteiger partial charge in [0.1, 0.15) is 0 Å². The number of nitrogens with zero attached hydrogens (tertiary/aromatic N) is 1. The van der Waals surface area contributed by atoms with Gasteiger partial charge in [-0.2, -0.15) is 0 Å². The molecule has 0 aliphatic rings. The molecule has 2 aromatic rings. The first kappa shape index (κ1) is 15.2. The van der Waals surface area contributed by atoms with Crippen LogP contribution in [0.3, 0.4) is 0 Å². The second-order valence-electron chi connectivity index (χ2n) is 3.85. The van der Waals surface area contributed by atoms with Crippen LogP contribution in [0.4, 0.5) is 5.69 Å². The van der Waals surface area contributed by atoms with Crippen LogP contribution >= 0.6 is 22.9 Å². The molecular weight excluding hydrogens is 320 g/mol. The average molecular weight is 333 g/mol. The molecule has 0 fully saturated rings. The van der Waals surface area contributed by atoms with Crippen LogP contribution in [0.1, 0.15) is 4.88 Å². The average Bonchev–Trinajstić information content (AvgIpc) is 2.84. The summed E-state index contributed by atoms with van der Waals surface area (Å²) in [5.74, 6) is 5.27. The maximum atomic E-state index is 12.1. The molecule has 9 heteroatoms. The van der Waals surface area contributed by atoms with E-state index in [4.69, 9.17) is 17.4 Å². The van der Waals surface area contributed by atoms with Crippen LogP contribution in [-0.2, 0) is 16.4 Å². The first-order valence-electron chi connectivity index (χ1n) is 5.68. The summed E-state index contributed by atoms with van der Waals surface area (Å²) in [4.78, 5) is 4.85. The SMILES string of the molecule is NNc1cccnc1S(=O)(=O)NCCc1ccc(Cl)s1. The van der Waals surface area contributed by atoms with Crippen molar-refractivity contribution in [2.75, 3.05) is 12.0 Å². The summed E-state index contributed by atoms with van der Waals surface area (Å²) < 4.78 is 27.4. The van der Waals surface area contributed by atoms with Crippen molar-refractivity contribution in [3.8, 4) is 0 Å². The van der Waals surface area contributed by atoms with Crippen LogP contribution < -0.4 is 16.0 Å². The zero-order chi connectivity index (χ0) is 14.6. The van der Waals surface area contributed by atoms with E-state index in [1.54, 1.807) is 18.2 Å². The molecule has 0 radical (unpaired) electrons. The smallest absolute Gasteiger partial charge is 0.260 e. The van der Waals surface area contributed by atoms with Crippen molar-refractivity contribution in [3.05, 3.63) is 39.7 Å². The van der Waals surface area contributed by atoms with Gasteiger partial charge in [-0.05, 0) is 30.7 Å². The second-order valence-corrected chi connectivity index (χ2v) is 7.34. The number of nitrogen functional groups attached to an aromatic ring is 1. The fraction of sp³-hybridized carbons (Fsp3) is 0.182. The van der Waals surface area contributed by atoms with Crippen molar-refractivity contribution in [2.45, 2.75) is 11.4 Å².